The highest BCUT2D eigenvalue weighted by molar-refractivity contribution is 5.92. The van der Waals surface area contributed by atoms with Gasteiger partial charge in [0.25, 0.3) is 0 Å². The molecular weight excluding hydrogens is 592 g/mol. The van der Waals surface area contributed by atoms with Crippen molar-refractivity contribution in [3.05, 3.63) is 157 Å². The Balaban J connectivity index is 1.37. The Kier molecular flexibility index (Phi) is 11.9. The van der Waals surface area contributed by atoms with E-state index in [-0.39, 0.29) is 12.6 Å². The average Bonchev–Trinajstić information content (AvgIpc) is 3.15. The van der Waals surface area contributed by atoms with Crippen LogP contribution in [-0.4, -0.2) is 18.5 Å². The Hall–Kier alpha value is -5.48. The summed E-state index contributed by atoms with van der Waals surface area (Å²) in [6, 6.07) is 41.1. The summed E-state index contributed by atoms with van der Waals surface area (Å²) in [5.41, 5.74) is 12.8. The van der Waals surface area contributed by atoms with Crippen molar-refractivity contribution in [2.24, 2.45) is 0 Å². The fourth-order valence-corrected chi connectivity index (χ4v) is 5.82. The second-order valence-corrected chi connectivity index (χ2v) is 11.7. The molecule has 5 rings (SSSR count). The molecule has 0 bridgehead atoms. The smallest absolute Gasteiger partial charge is 0.330 e. The maximum atomic E-state index is 11.5. The van der Waals surface area contributed by atoms with Gasteiger partial charge in [-0.3, -0.25) is 0 Å². The van der Waals surface area contributed by atoms with Crippen LogP contribution in [0.2, 0.25) is 0 Å². The van der Waals surface area contributed by atoms with E-state index in [4.69, 9.17) is 9.47 Å². The highest BCUT2D eigenvalue weighted by Crippen LogP contribution is 2.40. The molecule has 0 saturated heterocycles. The molecule has 4 heteroatoms. The molecule has 0 aromatic heterocycles. The SMILES string of the molecule is C=CC(=O)OCCCCCc1ccc(-c2cccc(-c3cc(CC)ccc3-c3ccccc3-c3ccc(COC(=O)C=C)cc3)c2)cc1. The first-order valence-corrected chi connectivity index (χ1v) is 16.6. The lowest BCUT2D eigenvalue weighted by atomic mass is 9.87. The summed E-state index contributed by atoms with van der Waals surface area (Å²) < 4.78 is 10.3. The third-order valence-corrected chi connectivity index (χ3v) is 8.50. The van der Waals surface area contributed by atoms with Gasteiger partial charge in [-0.15, -0.1) is 0 Å². The lowest BCUT2D eigenvalue weighted by Gasteiger charge is -2.17. The van der Waals surface area contributed by atoms with Crippen LogP contribution in [0.5, 0.6) is 0 Å². The van der Waals surface area contributed by atoms with E-state index in [1.807, 2.05) is 12.1 Å². The largest absolute Gasteiger partial charge is 0.463 e. The lowest BCUT2D eigenvalue weighted by Crippen LogP contribution is -2.01. The van der Waals surface area contributed by atoms with Crippen LogP contribution >= 0.6 is 0 Å². The molecule has 5 aromatic carbocycles. The Labute approximate surface area is 284 Å². The van der Waals surface area contributed by atoms with Crippen LogP contribution in [0.3, 0.4) is 0 Å². The number of carbonyl (C=O) groups excluding carboxylic acids is 2. The van der Waals surface area contributed by atoms with Crippen LogP contribution in [0.4, 0.5) is 0 Å². The van der Waals surface area contributed by atoms with Crippen LogP contribution in [0.1, 0.15) is 42.9 Å². The molecule has 0 aliphatic rings. The van der Waals surface area contributed by atoms with Crippen molar-refractivity contribution in [3.8, 4) is 44.5 Å². The van der Waals surface area contributed by atoms with E-state index in [0.717, 1.165) is 54.4 Å². The summed E-state index contributed by atoms with van der Waals surface area (Å²) >= 11 is 0. The average molecular weight is 635 g/mol. The van der Waals surface area contributed by atoms with Gasteiger partial charge < -0.3 is 9.47 Å². The van der Waals surface area contributed by atoms with E-state index >= 15 is 0 Å². The number of benzene rings is 5. The van der Waals surface area contributed by atoms with E-state index in [9.17, 15) is 9.59 Å². The quantitative estimate of drug-likeness (QED) is 0.0653. The van der Waals surface area contributed by atoms with Crippen LogP contribution < -0.4 is 0 Å². The molecule has 0 radical (unpaired) electrons. The third-order valence-electron chi connectivity index (χ3n) is 8.50. The number of hydrogen-bond donors (Lipinski definition) is 0. The molecule has 0 saturated carbocycles. The highest BCUT2D eigenvalue weighted by Gasteiger charge is 2.14. The van der Waals surface area contributed by atoms with Gasteiger partial charge in [0.05, 0.1) is 6.61 Å². The monoisotopic (exact) mass is 634 g/mol. The minimum atomic E-state index is -0.428. The van der Waals surface area contributed by atoms with E-state index in [2.05, 4.69) is 123 Å². The molecule has 0 N–H and O–H groups in total. The first kappa shape index (κ1) is 33.9. The number of rotatable bonds is 15. The van der Waals surface area contributed by atoms with Crippen molar-refractivity contribution in [3.63, 3.8) is 0 Å². The zero-order valence-corrected chi connectivity index (χ0v) is 27.6. The topological polar surface area (TPSA) is 52.6 Å². The fourth-order valence-electron chi connectivity index (χ4n) is 5.82. The molecule has 0 atom stereocenters. The number of carbonyl (C=O) groups is 2. The van der Waals surface area contributed by atoms with Gasteiger partial charge in [-0.2, -0.15) is 0 Å². The van der Waals surface area contributed by atoms with E-state index in [0.29, 0.717) is 6.61 Å². The van der Waals surface area contributed by atoms with E-state index in [1.165, 1.54) is 51.1 Å². The maximum absolute atomic E-state index is 11.5. The summed E-state index contributed by atoms with van der Waals surface area (Å²) in [7, 11) is 0. The van der Waals surface area contributed by atoms with Crippen LogP contribution in [0.25, 0.3) is 44.5 Å². The maximum Gasteiger partial charge on any atom is 0.330 e. The number of esters is 2. The molecule has 0 spiro atoms. The zero-order chi connectivity index (χ0) is 33.7. The first-order valence-electron chi connectivity index (χ1n) is 16.6. The summed E-state index contributed by atoms with van der Waals surface area (Å²) in [6.07, 6.45) is 7.24. The van der Waals surface area contributed by atoms with Gasteiger partial charge in [-0.05, 0) is 99.4 Å². The van der Waals surface area contributed by atoms with Crippen molar-refractivity contribution in [1.82, 2.24) is 0 Å². The van der Waals surface area contributed by atoms with Crippen molar-refractivity contribution in [1.29, 1.82) is 0 Å². The molecule has 0 heterocycles. The van der Waals surface area contributed by atoms with Crippen molar-refractivity contribution < 1.29 is 19.1 Å². The Morgan fingerprint density at radius 2 is 1.17 bits per heavy atom. The fraction of sp³-hybridized carbons (Fsp3) is 0.182. The summed E-state index contributed by atoms with van der Waals surface area (Å²) in [5.74, 6) is -0.787. The molecule has 0 unspecified atom stereocenters. The molecular formula is C44H42O4. The number of hydrogen-bond acceptors (Lipinski definition) is 4. The van der Waals surface area contributed by atoms with Gasteiger partial charge in [0.15, 0.2) is 0 Å². The lowest BCUT2D eigenvalue weighted by molar-refractivity contribution is -0.139. The normalized spacial score (nSPS) is 10.7. The standard InChI is InChI=1S/C44H42O4/c1-4-32-22-27-41(40-17-10-9-16-39(40)36-25-20-34(21-26-36)31-48-44(46)6-3)42(29-32)38-15-12-14-37(30-38)35-23-18-33(19-24-35)13-8-7-11-28-47-43(45)5-2/h5-6,9-10,12,14-27,29-30H,2-4,7-8,11,13,28,31H2,1H3. The van der Waals surface area contributed by atoms with Gasteiger partial charge in [-0.25, -0.2) is 9.59 Å². The van der Waals surface area contributed by atoms with Crippen molar-refractivity contribution in [2.45, 2.75) is 45.6 Å². The number of ether oxygens (including phenoxy) is 2. The molecule has 5 aromatic rings. The third kappa shape index (κ3) is 8.86. The summed E-state index contributed by atoms with van der Waals surface area (Å²) in [5, 5.41) is 0. The molecule has 242 valence electrons. The Bertz CT molecular complexity index is 1870. The predicted octanol–water partition coefficient (Wildman–Crippen LogP) is 10.6. The van der Waals surface area contributed by atoms with Crippen LogP contribution in [0, 0.1) is 0 Å². The van der Waals surface area contributed by atoms with Gasteiger partial charge >= 0.3 is 11.9 Å². The Morgan fingerprint density at radius 1 is 0.542 bits per heavy atom. The number of aryl methyl sites for hydroxylation is 2. The minimum absolute atomic E-state index is 0.213. The molecule has 0 aliphatic carbocycles. The first-order chi connectivity index (χ1) is 23.5. The van der Waals surface area contributed by atoms with Gasteiger partial charge in [0, 0.05) is 12.2 Å². The molecule has 0 aliphatic heterocycles. The van der Waals surface area contributed by atoms with E-state index < -0.39 is 5.97 Å². The second-order valence-electron chi connectivity index (χ2n) is 11.7. The van der Waals surface area contributed by atoms with Crippen molar-refractivity contribution in [2.75, 3.05) is 6.61 Å². The minimum Gasteiger partial charge on any atom is -0.463 e. The Morgan fingerprint density at radius 3 is 1.90 bits per heavy atom. The molecule has 0 fully saturated rings. The number of unbranched alkanes of at least 4 members (excludes halogenated alkanes) is 2. The van der Waals surface area contributed by atoms with Gasteiger partial charge in [-0.1, -0.05) is 129 Å². The molecule has 48 heavy (non-hydrogen) atoms. The van der Waals surface area contributed by atoms with Crippen LogP contribution in [-0.2, 0) is 38.5 Å². The van der Waals surface area contributed by atoms with Crippen molar-refractivity contribution >= 4 is 11.9 Å². The van der Waals surface area contributed by atoms with Gasteiger partial charge in [0.2, 0.25) is 0 Å². The van der Waals surface area contributed by atoms with Crippen LogP contribution in [0.15, 0.2) is 141 Å². The molecule has 4 nitrogen and oxygen atoms in total. The van der Waals surface area contributed by atoms with E-state index in [1.54, 1.807) is 0 Å². The van der Waals surface area contributed by atoms with Gasteiger partial charge in [0.1, 0.15) is 6.61 Å². The summed E-state index contributed by atoms with van der Waals surface area (Å²) in [6.45, 7) is 9.74. The zero-order valence-electron chi connectivity index (χ0n) is 27.6. The second kappa shape index (κ2) is 16.9. The summed E-state index contributed by atoms with van der Waals surface area (Å²) in [4.78, 5) is 22.7. The predicted molar refractivity (Wildman–Crippen MR) is 196 cm³/mol. The highest BCUT2D eigenvalue weighted by atomic mass is 16.5. The molecule has 0 amide bonds.